The molecule has 4 rings (SSSR count). The summed E-state index contributed by atoms with van der Waals surface area (Å²) in [6, 6.07) is 3.62. The number of hydrogen-bond donors (Lipinski definition) is 1. The van der Waals surface area contributed by atoms with Gasteiger partial charge >= 0.3 is 0 Å². The van der Waals surface area contributed by atoms with Crippen molar-refractivity contribution >= 4 is 16.7 Å². The third-order valence-electron chi connectivity index (χ3n) is 5.78. The molecule has 2 heterocycles. The minimum atomic E-state index is -2.74. The van der Waals surface area contributed by atoms with Crippen LogP contribution in [0.25, 0.3) is 10.9 Å². The molecule has 2 aromatic rings. The number of nitrogens with one attached hydrogen (secondary N) is 1. The van der Waals surface area contributed by atoms with Gasteiger partial charge in [-0.1, -0.05) is 0 Å². The lowest BCUT2D eigenvalue weighted by Gasteiger charge is -2.17. The Labute approximate surface area is 170 Å². The topological polar surface area (TPSA) is 46.6 Å². The van der Waals surface area contributed by atoms with Crippen molar-refractivity contribution in [2.24, 2.45) is 0 Å². The summed E-state index contributed by atoms with van der Waals surface area (Å²) in [5, 5.41) is 3.87. The number of benzene rings is 1. The van der Waals surface area contributed by atoms with Crippen molar-refractivity contribution in [3.8, 4) is 11.5 Å². The van der Waals surface area contributed by atoms with Crippen LogP contribution in [0.3, 0.4) is 0 Å². The third-order valence-corrected chi connectivity index (χ3v) is 5.78. The molecule has 29 heavy (non-hydrogen) atoms. The van der Waals surface area contributed by atoms with Gasteiger partial charge in [-0.05, 0) is 50.9 Å². The molecular formula is C22H29F2N3O2. The maximum atomic E-state index is 14.2. The SMILES string of the molecule is CCNc1nc2cc(OCCCN3CCCC3)c(OC)cc2c2c1CC(F)(F)C2. The van der Waals surface area contributed by atoms with E-state index in [4.69, 9.17) is 9.47 Å². The van der Waals surface area contributed by atoms with Crippen LogP contribution in [0.4, 0.5) is 14.6 Å². The molecule has 1 aromatic carbocycles. The second-order valence-electron chi connectivity index (χ2n) is 7.93. The van der Waals surface area contributed by atoms with Gasteiger partial charge in [-0.15, -0.1) is 0 Å². The van der Waals surface area contributed by atoms with Crippen LogP contribution in [0.15, 0.2) is 12.1 Å². The first-order valence-electron chi connectivity index (χ1n) is 10.5. The summed E-state index contributed by atoms with van der Waals surface area (Å²) < 4.78 is 39.8. The summed E-state index contributed by atoms with van der Waals surface area (Å²) in [6.45, 7) is 6.53. The molecule has 0 amide bonds. The van der Waals surface area contributed by atoms with E-state index in [1.54, 1.807) is 13.2 Å². The minimum absolute atomic E-state index is 0.265. The lowest BCUT2D eigenvalue weighted by molar-refractivity contribution is 0.0132. The number of aromatic nitrogens is 1. The van der Waals surface area contributed by atoms with E-state index < -0.39 is 5.92 Å². The van der Waals surface area contributed by atoms with Crippen molar-refractivity contribution < 1.29 is 18.3 Å². The quantitative estimate of drug-likeness (QED) is 0.665. The second-order valence-corrected chi connectivity index (χ2v) is 7.93. The largest absolute Gasteiger partial charge is 0.493 e. The third kappa shape index (κ3) is 4.25. The van der Waals surface area contributed by atoms with Crippen LogP contribution in [-0.4, -0.2) is 55.7 Å². The zero-order valence-electron chi connectivity index (χ0n) is 17.2. The average Bonchev–Trinajstić information content (AvgIpc) is 3.32. The van der Waals surface area contributed by atoms with E-state index in [9.17, 15) is 8.78 Å². The van der Waals surface area contributed by atoms with Crippen molar-refractivity contribution in [2.75, 3.05) is 45.2 Å². The van der Waals surface area contributed by atoms with Gasteiger partial charge in [0, 0.05) is 42.9 Å². The number of alkyl halides is 2. The summed E-state index contributed by atoms with van der Waals surface area (Å²) in [6.07, 6.45) is 2.96. The summed E-state index contributed by atoms with van der Waals surface area (Å²) in [5.74, 6) is -1.01. The first kappa shape index (κ1) is 20.1. The summed E-state index contributed by atoms with van der Waals surface area (Å²) in [7, 11) is 1.58. The van der Waals surface area contributed by atoms with Crippen LogP contribution in [0.2, 0.25) is 0 Å². The van der Waals surface area contributed by atoms with Crippen LogP contribution < -0.4 is 14.8 Å². The van der Waals surface area contributed by atoms with E-state index in [0.29, 0.717) is 47.1 Å². The highest BCUT2D eigenvalue weighted by Gasteiger charge is 2.40. The van der Waals surface area contributed by atoms with Gasteiger partial charge in [-0.25, -0.2) is 13.8 Å². The highest BCUT2D eigenvalue weighted by atomic mass is 19.3. The summed E-state index contributed by atoms with van der Waals surface area (Å²) in [5.41, 5.74) is 1.94. The Kier molecular flexibility index (Phi) is 5.76. The lowest BCUT2D eigenvalue weighted by atomic mass is 10.0. The number of ether oxygens (including phenoxy) is 2. The van der Waals surface area contributed by atoms with E-state index in [-0.39, 0.29) is 12.8 Å². The Balaban J connectivity index is 1.60. The molecule has 1 aliphatic heterocycles. The zero-order chi connectivity index (χ0) is 20.4. The second kappa shape index (κ2) is 8.30. The molecule has 1 N–H and O–H groups in total. The fraction of sp³-hybridized carbons (Fsp3) is 0.591. The van der Waals surface area contributed by atoms with Crippen LogP contribution in [0, 0.1) is 0 Å². The van der Waals surface area contributed by atoms with E-state index in [0.717, 1.165) is 18.4 Å². The van der Waals surface area contributed by atoms with E-state index in [2.05, 4.69) is 15.2 Å². The van der Waals surface area contributed by atoms with Crippen molar-refractivity contribution in [3.05, 3.63) is 23.3 Å². The van der Waals surface area contributed by atoms with Crippen LogP contribution in [0.5, 0.6) is 11.5 Å². The van der Waals surface area contributed by atoms with Crippen molar-refractivity contribution in [3.63, 3.8) is 0 Å². The van der Waals surface area contributed by atoms with Crippen LogP contribution >= 0.6 is 0 Å². The number of halogens is 2. The molecule has 0 unspecified atom stereocenters. The molecule has 2 aliphatic rings. The molecule has 1 fully saturated rings. The van der Waals surface area contributed by atoms with Gasteiger partial charge in [-0.2, -0.15) is 0 Å². The Morgan fingerprint density at radius 2 is 1.90 bits per heavy atom. The van der Waals surface area contributed by atoms with E-state index >= 15 is 0 Å². The standard InChI is InChI=1S/C22H29F2N3O2/c1-3-25-21-17-14-22(23,24)13-16(17)15-11-19(28-2)20(12-18(15)26-21)29-10-6-9-27-7-4-5-8-27/h11-12H,3-10,13-14H2,1-2H3,(H,25,26). The normalized spacial score (nSPS) is 18.2. The van der Waals surface area contributed by atoms with Gasteiger partial charge in [0.15, 0.2) is 11.5 Å². The Morgan fingerprint density at radius 3 is 2.62 bits per heavy atom. The zero-order valence-corrected chi connectivity index (χ0v) is 17.2. The lowest BCUT2D eigenvalue weighted by Crippen LogP contribution is -2.21. The highest BCUT2D eigenvalue weighted by Crippen LogP contribution is 2.43. The van der Waals surface area contributed by atoms with Crippen molar-refractivity contribution in [1.29, 1.82) is 0 Å². The molecule has 1 aromatic heterocycles. The van der Waals surface area contributed by atoms with Gasteiger partial charge in [0.2, 0.25) is 0 Å². The molecule has 0 saturated carbocycles. The van der Waals surface area contributed by atoms with Gasteiger partial charge < -0.3 is 19.7 Å². The predicted octanol–water partition coefficient (Wildman–Crippen LogP) is 4.27. The Morgan fingerprint density at radius 1 is 1.14 bits per heavy atom. The molecule has 0 bridgehead atoms. The van der Waals surface area contributed by atoms with Crippen LogP contribution in [-0.2, 0) is 12.8 Å². The molecule has 158 valence electrons. The highest BCUT2D eigenvalue weighted by molar-refractivity contribution is 5.89. The van der Waals surface area contributed by atoms with E-state index in [1.165, 1.54) is 25.9 Å². The van der Waals surface area contributed by atoms with Crippen molar-refractivity contribution in [2.45, 2.75) is 45.0 Å². The maximum Gasteiger partial charge on any atom is 0.256 e. The summed E-state index contributed by atoms with van der Waals surface area (Å²) >= 11 is 0. The first-order valence-corrected chi connectivity index (χ1v) is 10.5. The fourth-order valence-electron chi connectivity index (χ4n) is 4.41. The predicted molar refractivity (Wildman–Crippen MR) is 111 cm³/mol. The Bertz CT molecular complexity index is 882. The minimum Gasteiger partial charge on any atom is -0.493 e. The first-order chi connectivity index (χ1) is 14.0. The van der Waals surface area contributed by atoms with Gasteiger partial charge in [0.1, 0.15) is 5.82 Å². The number of methoxy groups -OCH3 is 1. The molecule has 1 saturated heterocycles. The molecule has 1 aliphatic carbocycles. The van der Waals surface area contributed by atoms with E-state index in [1.807, 2.05) is 13.0 Å². The number of pyridine rings is 1. The molecule has 0 radical (unpaired) electrons. The molecule has 7 heteroatoms. The van der Waals surface area contributed by atoms with Crippen molar-refractivity contribution in [1.82, 2.24) is 9.88 Å². The molecule has 5 nitrogen and oxygen atoms in total. The smallest absolute Gasteiger partial charge is 0.256 e. The van der Waals surface area contributed by atoms with Gasteiger partial charge in [0.05, 0.1) is 19.2 Å². The number of anilines is 1. The number of likely N-dealkylation sites (tertiary alicyclic amines) is 1. The number of rotatable bonds is 8. The summed E-state index contributed by atoms with van der Waals surface area (Å²) in [4.78, 5) is 7.09. The van der Waals surface area contributed by atoms with Gasteiger partial charge in [-0.3, -0.25) is 0 Å². The average molecular weight is 405 g/mol. The number of hydrogen-bond acceptors (Lipinski definition) is 5. The number of nitrogens with zero attached hydrogens (tertiary/aromatic N) is 2. The molecule has 0 atom stereocenters. The number of fused-ring (bicyclic) bond motifs is 3. The maximum absolute atomic E-state index is 14.2. The molecular weight excluding hydrogens is 376 g/mol. The monoisotopic (exact) mass is 405 g/mol. The van der Waals surface area contributed by atoms with Gasteiger partial charge in [0.25, 0.3) is 5.92 Å². The fourth-order valence-corrected chi connectivity index (χ4v) is 4.41. The van der Waals surface area contributed by atoms with Crippen LogP contribution in [0.1, 0.15) is 37.3 Å². The Hall–Kier alpha value is -2.15. The molecule has 0 spiro atoms.